The van der Waals surface area contributed by atoms with Crippen molar-refractivity contribution in [3.63, 3.8) is 0 Å². The summed E-state index contributed by atoms with van der Waals surface area (Å²) in [6.07, 6.45) is 0. The molecular weight excluding hydrogens is 123 g/mol. The van der Waals surface area contributed by atoms with Crippen LogP contribution in [0.2, 0.25) is 0 Å². The van der Waals surface area contributed by atoms with E-state index in [1.807, 2.05) is 0 Å². The molecule has 0 aliphatic carbocycles. The fourth-order valence-electron chi connectivity index (χ4n) is 0.495. The molecule has 0 amide bonds. The molecule has 0 aromatic carbocycles. The predicted molar refractivity (Wildman–Crippen MR) is 32.0 cm³/mol. The van der Waals surface area contributed by atoms with E-state index in [4.69, 9.17) is 11.5 Å². The lowest BCUT2D eigenvalue weighted by Gasteiger charge is -1.93. The summed E-state index contributed by atoms with van der Waals surface area (Å²) in [4.78, 5) is 3.26. The predicted octanol–water partition coefficient (Wildman–Crippen LogP) is -0.276. The minimum atomic E-state index is -0.713. The van der Waals surface area contributed by atoms with Gasteiger partial charge in [-0.2, -0.15) is 9.37 Å². The molecule has 1 heterocycles. The van der Waals surface area contributed by atoms with Gasteiger partial charge < -0.3 is 11.5 Å². The quantitative estimate of drug-likeness (QED) is 0.507. The van der Waals surface area contributed by atoms with Gasteiger partial charge in [-0.25, -0.2) is 0 Å². The molecule has 50 valence electrons. The molecule has 0 fully saturated rings. The van der Waals surface area contributed by atoms with Gasteiger partial charge >= 0.3 is 0 Å². The zero-order chi connectivity index (χ0) is 7.02. The fourth-order valence-corrected chi connectivity index (χ4v) is 0.495. The number of nitrogen functional groups attached to an aromatic ring is 2. The zero-order valence-corrected chi connectivity index (χ0v) is 4.93. The molecule has 0 saturated carbocycles. The first kappa shape index (κ1) is 5.87. The molecule has 0 spiro atoms. The van der Waals surface area contributed by atoms with E-state index in [1.54, 1.807) is 7.05 Å². The van der Waals surface area contributed by atoms with Crippen molar-refractivity contribution in [3.05, 3.63) is 5.95 Å². The summed E-state index contributed by atoms with van der Waals surface area (Å²) >= 11 is 0. The first-order valence-electron chi connectivity index (χ1n) is 2.36. The van der Waals surface area contributed by atoms with Gasteiger partial charge in [-0.1, -0.05) is 0 Å². The van der Waals surface area contributed by atoms with Gasteiger partial charge in [-0.3, -0.25) is 4.57 Å². The van der Waals surface area contributed by atoms with E-state index in [1.165, 1.54) is 4.57 Å². The van der Waals surface area contributed by atoms with Crippen molar-refractivity contribution in [2.45, 2.75) is 0 Å². The number of hydrogen-bond donors (Lipinski definition) is 2. The van der Waals surface area contributed by atoms with Crippen LogP contribution in [-0.2, 0) is 7.05 Å². The second-order valence-corrected chi connectivity index (χ2v) is 1.71. The highest BCUT2D eigenvalue weighted by Crippen LogP contribution is 2.10. The number of nitrogens with zero attached hydrogens (tertiary/aromatic N) is 2. The van der Waals surface area contributed by atoms with Gasteiger partial charge in [0.25, 0.3) is 5.95 Å². The van der Waals surface area contributed by atoms with E-state index in [0.717, 1.165) is 0 Å². The Morgan fingerprint density at radius 3 is 2.22 bits per heavy atom. The third kappa shape index (κ3) is 0.697. The van der Waals surface area contributed by atoms with Crippen LogP contribution >= 0.6 is 0 Å². The Morgan fingerprint density at radius 2 is 2.11 bits per heavy atom. The van der Waals surface area contributed by atoms with Crippen LogP contribution in [0.4, 0.5) is 16.2 Å². The average molecular weight is 130 g/mol. The van der Waals surface area contributed by atoms with E-state index in [-0.39, 0.29) is 11.8 Å². The molecule has 0 radical (unpaired) electrons. The highest BCUT2D eigenvalue weighted by atomic mass is 19.1. The van der Waals surface area contributed by atoms with Crippen molar-refractivity contribution in [3.8, 4) is 0 Å². The highest BCUT2D eigenvalue weighted by molar-refractivity contribution is 5.37. The van der Waals surface area contributed by atoms with Gasteiger partial charge in [0.05, 0.1) is 0 Å². The first-order valence-corrected chi connectivity index (χ1v) is 2.36. The van der Waals surface area contributed by atoms with E-state index < -0.39 is 5.95 Å². The van der Waals surface area contributed by atoms with Gasteiger partial charge in [0, 0.05) is 7.05 Å². The first-order chi connectivity index (χ1) is 4.13. The molecular formula is C4H7FN4. The Bertz CT molecular complexity index is 206. The molecule has 0 atom stereocenters. The highest BCUT2D eigenvalue weighted by Gasteiger charge is 2.06. The molecule has 4 N–H and O–H groups in total. The van der Waals surface area contributed by atoms with Crippen LogP contribution in [0.1, 0.15) is 0 Å². The van der Waals surface area contributed by atoms with Crippen LogP contribution in [0.15, 0.2) is 0 Å². The third-order valence-electron chi connectivity index (χ3n) is 1.13. The van der Waals surface area contributed by atoms with E-state index in [9.17, 15) is 4.39 Å². The maximum Gasteiger partial charge on any atom is 0.256 e. The minimum Gasteiger partial charge on any atom is -0.381 e. The molecule has 5 heteroatoms. The summed E-state index contributed by atoms with van der Waals surface area (Å²) in [5.74, 6) is -0.660. The van der Waals surface area contributed by atoms with Crippen molar-refractivity contribution in [2.75, 3.05) is 11.5 Å². The number of nitrogens with two attached hydrogens (primary N) is 2. The van der Waals surface area contributed by atoms with Crippen LogP contribution in [0.5, 0.6) is 0 Å². The van der Waals surface area contributed by atoms with Crippen LogP contribution in [0, 0.1) is 5.95 Å². The van der Waals surface area contributed by atoms with Crippen molar-refractivity contribution in [2.24, 2.45) is 7.05 Å². The van der Waals surface area contributed by atoms with Crippen LogP contribution in [0.3, 0.4) is 0 Å². The molecule has 1 rings (SSSR count). The molecule has 0 aliphatic rings. The molecule has 1 aromatic rings. The normalized spacial score (nSPS) is 10.0. The van der Waals surface area contributed by atoms with Crippen molar-refractivity contribution in [1.82, 2.24) is 9.55 Å². The molecule has 9 heavy (non-hydrogen) atoms. The number of halogens is 1. The van der Waals surface area contributed by atoms with Crippen molar-refractivity contribution in [1.29, 1.82) is 0 Å². The zero-order valence-electron chi connectivity index (χ0n) is 4.93. The topological polar surface area (TPSA) is 69.9 Å². The Labute approximate surface area is 51.3 Å². The number of hydrogen-bond acceptors (Lipinski definition) is 3. The smallest absolute Gasteiger partial charge is 0.256 e. The Balaban J connectivity index is 3.29. The van der Waals surface area contributed by atoms with Gasteiger partial charge in [0.1, 0.15) is 0 Å². The summed E-state index contributed by atoms with van der Waals surface area (Å²) in [6.45, 7) is 0. The summed E-state index contributed by atoms with van der Waals surface area (Å²) in [5, 5.41) is 0. The molecule has 0 saturated heterocycles. The van der Waals surface area contributed by atoms with Gasteiger partial charge in [-0.05, 0) is 0 Å². The SMILES string of the molecule is Cn1c(N)nc(F)c1N. The third-order valence-corrected chi connectivity index (χ3v) is 1.13. The van der Waals surface area contributed by atoms with E-state index in [2.05, 4.69) is 4.98 Å². The van der Waals surface area contributed by atoms with Crippen molar-refractivity contribution < 1.29 is 4.39 Å². The molecule has 4 nitrogen and oxygen atoms in total. The summed E-state index contributed by atoms with van der Waals surface area (Å²) in [7, 11) is 1.54. The van der Waals surface area contributed by atoms with Gasteiger partial charge in [0.2, 0.25) is 5.95 Å². The second kappa shape index (κ2) is 1.61. The lowest BCUT2D eigenvalue weighted by atomic mass is 10.7. The second-order valence-electron chi connectivity index (χ2n) is 1.71. The summed E-state index contributed by atoms with van der Waals surface area (Å²) in [6, 6.07) is 0. The Kier molecular flexibility index (Phi) is 1.05. The van der Waals surface area contributed by atoms with E-state index in [0.29, 0.717) is 0 Å². The molecule has 1 aromatic heterocycles. The maximum absolute atomic E-state index is 12.3. The standard InChI is InChI=1S/C4H7FN4/c1-9-3(6)2(5)8-4(9)7/h6H2,1H3,(H2,7,8). The summed E-state index contributed by atoms with van der Waals surface area (Å²) in [5.41, 5.74) is 10.3. The largest absolute Gasteiger partial charge is 0.381 e. The lowest BCUT2D eigenvalue weighted by Crippen LogP contribution is -2.00. The Morgan fingerprint density at radius 1 is 1.56 bits per heavy atom. The van der Waals surface area contributed by atoms with E-state index >= 15 is 0 Å². The number of anilines is 2. The fraction of sp³-hybridized carbons (Fsp3) is 0.250. The van der Waals surface area contributed by atoms with Crippen molar-refractivity contribution >= 4 is 11.8 Å². The van der Waals surface area contributed by atoms with Crippen LogP contribution in [-0.4, -0.2) is 9.55 Å². The minimum absolute atomic E-state index is 0.0347. The number of rotatable bonds is 0. The monoisotopic (exact) mass is 130 g/mol. The average Bonchev–Trinajstić information content (AvgIpc) is 1.98. The van der Waals surface area contributed by atoms with Crippen LogP contribution < -0.4 is 11.5 Å². The van der Waals surface area contributed by atoms with Gasteiger partial charge in [0.15, 0.2) is 5.82 Å². The lowest BCUT2D eigenvalue weighted by molar-refractivity contribution is 0.595. The maximum atomic E-state index is 12.3. The van der Waals surface area contributed by atoms with Crippen LogP contribution in [0.25, 0.3) is 0 Å². The Hall–Kier alpha value is -1.26. The number of aromatic nitrogens is 2. The molecule has 0 bridgehead atoms. The molecule has 0 unspecified atom stereocenters. The summed E-state index contributed by atoms with van der Waals surface area (Å²) < 4.78 is 13.5. The number of imidazole rings is 1. The molecule has 0 aliphatic heterocycles. The van der Waals surface area contributed by atoms with Gasteiger partial charge in [-0.15, -0.1) is 0 Å².